The number of amides is 3. The van der Waals surface area contributed by atoms with Crippen LogP contribution in [0.3, 0.4) is 0 Å². The number of aryl methyl sites for hydroxylation is 1. The summed E-state index contributed by atoms with van der Waals surface area (Å²) in [7, 11) is 0. The van der Waals surface area contributed by atoms with Crippen molar-refractivity contribution in [2.45, 2.75) is 20.4 Å². The Hall–Kier alpha value is -2.94. The van der Waals surface area contributed by atoms with Gasteiger partial charge in [-0.3, -0.25) is 14.5 Å². The minimum atomic E-state index is -0.436. The van der Waals surface area contributed by atoms with Crippen LogP contribution in [0.5, 0.6) is 0 Å². The fraction of sp³-hybridized carbons (Fsp3) is 0.368. The number of rotatable bonds is 7. The third kappa shape index (κ3) is 4.48. The average molecular weight is 402 g/mol. The molecule has 9 heteroatoms. The second-order valence-corrected chi connectivity index (χ2v) is 7.22. The molecule has 3 amide bonds. The van der Waals surface area contributed by atoms with Crippen molar-refractivity contribution in [1.29, 1.82) is 0 Å². The summed E-state index contributed by atoms with van der Waals surface area (Å²) in [5.74, 6) is -0.658. The molecule has 0 radical (unpaired) electrons. The number of nitrogens with zero attached hydrogens (tertiary/aromatic N) is 3. The van der Waals surface area contributed by atoms with Crippen molar-refractivity contribution >= 4 is 34.4 Å². The van der Waals surface area contributed by atoms with Gasteiger partial charge in [0.1, 0.15) is 11.4 Å². The SMILES string of the molecule is CCOC(=O)CN1CCN(c2nc(C)c(C(=O)NCc3ccccc3)s2)C1=O. The van der Waals surface area contributed by atoms with E-state index >= 15 is 0 Å². The van der Waals surface area contributed by atoms with E-state index in [1.165, 1.54) is 21.1 Å². The van der Waals surface area contributed by atoms with Crippen molar-refractivity contribution in [3.8, 4) is 0 Å². The molecule has 0 aliphatic carbocycles. The maximum absolute atomic E-state index is 12.6. The summed E-state index contributed by atoms with van der Waals surface area (Å²) in [5, 5.41) is 3.33. The second-order valence-electron chi connectivity index (χ2n) is 6.24. The van der Waals surface area contributed by atoms with Crippen LogP contribution in [0, 0.1) is 6.92 Å². The van der Waals surface area contributed by atoms with Crippen molar-refractivity contribution in [3.05, 3.63) is 46.5 Å². The molecule has 0 atom stereocenters. The van der Waals surface area contributed by atoms with Gasteiger partial charge >= 0.3 is 12.0 Å². The van der Waals surface area contributed by atoms with E-state index in [0.717, 1.165) is 5.56 Å². The van der Waals surface area contributed by atoms with Crippen LogP contribution in [-0.2, 0) is 16.1 Å². The summed E-state index contributed by atoms with van der Waals surface area (Å²) in [6, 6.07) is 9.32. The first kappa shape index (κ1) is 19.8. The first-order valence-electron chi connectivity index (χ1n) is 9.01. The normalized spacial score (nSPS) is 13.7. The van der Waals surface area contributed by atoms with Crippen molar-refractivity contribution < 1.29 is 19.1 Å². The molecule has 28 heavy (non-hydrogen) atoms. The summed E-state index contributed by atoms with van der Waals surface area (Å²) in [4.78, 5) is 44.5. The van der Waals surface area contributed by atoms with Crippen LogP contribution in [0.4, 0.5) is 9.93 Å². The van der Waals surface area contributed by atoms with Gasteiger partial charge < -0.3 is 15.0 Å². The minimum absolute atomic E-state index is 0.0854. The lowest BCUT2D eigenvalue weighted by molar-refractivity contribution is -0.143. The van der Waals surface area contributed by atoms with Crippen LogP contribution >= 0.6 is 11.3 Å². The van der Waals surface area contributed by atoms with Gasteiger partial charge in [0.25, 0.3) is 5.91 Å². The fourth-order valence-electron chi connectivity index (χ4n) is 2.84. The molecule has 2 aromatic rings. The van der Waals surface area contributed by atoms with Crippen molar-refractivity contribution in [2.75, 3.05) is 31.1 Å². The largest absolute Gasteiger partial charge is 0.465 e. The van der Waals surface area contributed by atoms with E-state index in [1.807, 2.05) is 30.3 Å². The lowest BCUT2D eigenvalue weighted by Gasteiger charge is -2.15. The maximum Gasteiger partial charge on any atom is 0.326 e. The van der Waals surface area contributed by atoms with Gasteiger partial charge in [-0.25, -0.2) is 9.78 Å². The summed E-state index contributed by atoms with van der Waals surface area (Å²) in [6.45, 7) is 4.90. The number of thiazole rings is 1. The molecule has 148 valence electrons. The number of hydrogen-bond donors (Lipinski definition) is 1. The number of hydrogen-bond acceptors (Lipinski definition) is 6. The van der Waals surface area contributed by atoms with Gasteiger partial charge in [0.15, 0.2) is 5.13 Å². The Labute approximate surface area is 167 Å². The molecule has 2 heterocycles. The topological polar surface area (TPSA) is 91.8 Å². The molecule has 1 fully saturated rings. The molecule has 0 bridgehead atoms. The van der Waals surface area contributed by atoms with Crippen molar-refractivity contribution in [2.24, 2.45) is 0 Å². The Morgan fingerprint density at radius 1 is 1.25 bits per heavy atom. The number of esters is 1. The van der Waals surface area contributed by atoms with Gasteiger partial charge in [0.2, 0.25) is 0 Å². The Kier molecular flexibility index (Phi) is 6.25. The summed E-state index contributed by atoms with van der Waals surface area (Å²) >= 11 is 1.17. The fourth-order valence-corrected chi connectivity index (χ4v) is 3.84. The van der Waals surface area contributed by atoms with E-state index in [1.54, 1.807) is 13.8 Å². The average Bonchev–Trinajstić information content (AvgIpc) is 3.24. The van der Waals surface area contributed by atoms with Crippen LogP contribution in [0.25, 0.3) is 0 Å². The molecule has 1 aromatic heterocycles. The summed E-state index contributed by atoms with van der Waals surface area (Å²) < 4.78 is 4.89. The molecular formula is C19H22N4O4S. The third-order valence-corrected chi connectivity index (χ3v) is 5.42. The number of aromatic nitrogens is 1. The highest BCUT2D eigenvalue weighted by Crippen LogP contribution is 2.28. The predicted molar refractivity (Wildman–Crippen MR) is 105 cm³/mol. The van der Waals surface area contributed by atoms with E-state index < -0.39 is 5.97 Å². The van der Waals surface area contributed by atoms with E-state index in [0.29, 0.717) is 35.3 Å². The Morgan fingerprint density at radius 2 is 2.00 bits per heavy atom. The van der Waals surface area contributed by atoms with Gasteiger partial charge in [0, 0.05) is 19.6 Å². The summed E-state index contributed by atoms with van der Waals surface area (Å²) in [5.41, 5.74) is 1.57. The lowest BCUT2D eigenvalue weighted by atomic mass is 10.2. The number of ether oxygens (including phenoxy) is 1. The van der Waals surface area contributed by atoms with Crippen molar-refractivity contribution in [3.63, 3.8) is 0 Å². The molecule has 1 aromatic carbocycles. The first-order chi connectivity index (χ1) is 13.5. The number of carbonyl (C=O) groups excluding carboxylic acids is 3. The lowest BCUT2D eigenvalue weighted by Crippen LogP contribution is -2.35. The van der Waals surface area contributed by atoms with E-state index in [-0.39, 0.29) is 25.1 Å². The molecule has 0 unspecified atom stereocenters. The number of urea groups is 1. The molecule has 1 saturated heterocycles. The number of benzene rings is 1. The first-order valence-corrected chi connectivity index (χ1v) is 9.83. The molecule has 3 rings (SSSR count). The molecule has 1 aliphatic heterocycles. The molecule has 0 spiro atoms. The van der Waals surface area contributed by atoms with Gasteiger partial charge in [-0.05, 0) is 19.4 Å². The van der Waals surface area contributed by atoms with Gasteiger partial charge in [-0.15, -0.1) is 0 Å². The number of nitrogens with one attached hydrogen (secondary N) is 1. The second kappa shape index (κ2) is 8.83. The van der Waals surface area contributed by atoms with Crippen LogP contribution in [-0.4, -0.2) is 54.0 Å². The summed E-state index contributed by atoms with van der Waals surface area (Å²) in [6.07, 6.45) is 0. The number of carbonyl (C=O) groups is 3. The number of anilines is 1. The Morgan fingerprint density at radius 3 is 2.71 bits per heavy atom. The van der Waals surface area contributed by atoms with Crippen LogP contribution in [0.1, 0.15) is 27.9 Å². The van der Waals surface area contributed by atoms with Crippen LogP contribution < -0.4 is 10.2 Å². The van der Waals surface area contributed by atoms with Gasteiger partial charge in [-0.1, -0.05) is 41.7 Å². The molecule has 0 saturated carbocycles. The third-order valence-electron chi connectivity index (χ3n) is 4.24. The highest BCUT2D eigenvalue weighted by atomic mass is 32.1. The zero-order chi connectivity index (χ0) is 20.1. The predicted octanol–water partition coefficient (Wildman–Crippen LogP) is 2.19. The standard InChI is InChI=1S/C19H22N4O4S/c1-3-27-15(24)12-22-9-10-23(19(22)26)18-21-13(2)16(28-18)17(25)20-11-14-7-5-4-6-8-14/h4-8H,3,9-12H2,1-2H3,(H,20,25). The zero-order valence-corrected chi connectivity index (χ0v) is 16.6. The quantitative estimate of drug-likeness (QED) is 0.717. The van der Waals surface area contributed by atoms with Crippen molar-refractivity contribution in [1.82, 2.24) is 15.2 Å². The highest BCUT2D eigenvalue weighted by Gasteiger charge is 2.33. The molecule has 8 nitrogen and oxygen atoms in total. The monoisotopic (exact) mass is 402 g/mol. The van der Waals surface area contributed by atoms with E-state index in [9.17, 15) is 14.4 Å². The molecule has 1 aliphatic rings. The smallest absolute Gasteiger partial charge is 0.326 e. The Bertz CT molecular complexity index is 868. The van der Waals surface area contributed by atoms with Crippen LogP contribution in [0.15, 0.2) is 30.3 Å². The zero-order valence-electron chi connectivity index (χ0n) is 15.8. The minimum Gasteiger partial charge on any atom is -0.465 e. The molecule has 1 N–H and O–H groups in total. The van der Waals surface area contributed by atoms with Crippen LogP contribution in [0.2, 0.25) is 0 Å². The van der Waals surface area contributed by atoms with Gasteiger partial charge in [-0.2, -0.15) is 0 Å². The van der Waals surface area contributed by atoms with E-state index in [4.69, 9.17) is 4.74 Å². The highest BCUT2D eigenvalue weighted by molar-refractivity contribution is 7.17. The van der Waals surface area contributed by atoms with Gasteiger partial charge in [0.05, 0.1) is 12.3 Å². The molecular weight excluding hydrogens is 380 g/mol. The Balaban J connectivity index is 1.64. The van der Waals surface area contributed by atoms with E-state index in [2.05, 4.69) is 10.3 Å². The maximum atomic E-state index is 12.6.